The van der Waals surface area contributed by atoms with Gasteiger partial charge in [-0.05, 0) is 55.7 Å². The maximum absolute atomic E-state index is 12.3. The molecule has 1 N–H and O–H groups in total. The fraction of sp³-hybridized carbons (Fsp3) is 0.304. The second-order valence-electron chi connectivity index (χ2n) is 7.55. The molecule has 8 nitrogen and oxygen atoms in total. The number of fused-ring (bicyclic) bond motifs is 1. The highest BCUT2D eigenvalue weighted by molar-refractivity contribution is 6.22. The first-order valence-corrected chi connectivity index (χ1v) is 10.3. The molecule has 2 heterocycles. The Bertz CT molecular complexity index is 977. The molecule has 0 spiro atoms. The van der Waals surface area contributed by atoms with Gasteiger partial charge in [-0.1, -0.05) is 12.1 Å². The minimum atomic E-state index is -0.829. The van der Waals surface area contributed by atoms with Gasteiger partial charge in [0.05, 0.1) is 11.1 Å². The van der Waals surface area contributed by atoms with Crippen LogP contribution in [0.3, 0.4) is 0 Å². The fourth-order valence-electron chi connectivity index (χ4n) is 3.81. The summed E-state index contributed by atoms with van der Waals surface area (Å²) in [4.78, 5) is 51.9. The fourth-order valence-corrected chi connectivity index (χ4v) is 3.81. The molecule has 1 fully saturated rings. The highest BCUT2D eigenvalue weighted by Gasteiger charge is 2.36. The van der Waals surface area contributed by atoms with Gasteiger partial charge in [-0.3, -0.25) is 24.1 Å². The summed E-state index contributed by atoms with van der Waals surface area (Å²) in [6.07, 6.45) is 3.63. The lowest BCUT2D eigenvalue weighted by molar-refractivity contribution is -0.147. The molecule has 2 aromatic carbocycles. The molecule has 0 radical (unpaired) electrons. The standard InChI is InChI=1S/C23H23N3O5/c27-20(24-16-8-10-17(11-9-16)25-12-4-1-5-13-25)15-31-21(28)14-26-22(29)18-6-2-3-7-19(18)23(26)30/h2-3,6-11H,1,4-5,12-15H2,(H,24,27). The number of carbonyl (C=O) groups excluding carboxylic acids is 4. The Morgan fingerprint density at radius 1 is 0.871 bits per heavy atom. The van der Waals surface area contributed by atoms with Crippen LogP contribution in [0.4, 0.5) is 11.4 Å². The first kappa shape index (κ1) is 20.6. The van der Waals surface area contributed by atoms with E-state index in [2.05, 4.69) is 10.2 Å². The monoisotopic (exact) mass is 421 g/mol. The number of ether oxygens (including phenoxy) is 1. The molecule has 2 aromatic rings. The largest absolute Gasteiger partial charge is 0.454 e. The highest BCUT2D eigenvalue weighted by atomic mass is 16.5. The number of rotatable bonds is 6. The van der Waals surface area contributed by atoms with Gasteiger partial charge in [0, 0.05) is 24.5 Å². The molecule has 8 heteroatoms. The third kappa shape index (κ3) is 4.58. The molecule has 0 aliphatic carbocycles. The molecule has 3 amide bonds. The van der Waals surface area contributed by atoms with Crippen molar-refractivity contribution in [2.75, 3.05) is 36.5 Å². The van der Waals surface area contributed by atoms with E-state index in [1.165, 1.54) is 31.4 Å². The quantitative estimate of drug-likeness (QED) is 0.569. The SMILES string of the molecule is O=C(COC(=O)CN1C(=O)c2ccccc2C1=O)Nc1ccc(N2CCCCC2)cc1. The van der Waals surface area contributed by atoms with E-state index in [4.69, 9.17) is 4.74 Å². The average molecular weight is 421 g/mol. The van der Waals surface area contributed by atoms with Crippen molar-refractivity contribution in [1.29, 1.82) is 0 Å². The van der Waals surface area contributed by atoms with Crippen molar-refractivity contribution < 1.29 is 23.9 Å². The number of esters is 1. The summed E-state index contributed by atoms with van der Waals surface area (Å²) < 4.78 is 4.95. The van der Waals surface area contributed by atoms with Gasteiger partial charge in [-0.2, -0.15) is 0 Å². The summed E-state index contributed by atoms with van der Waals surface area (Å²) in [6, 6.07) is 13.9. The van der Waals surface area contributed by atoms with Crippen LogP contribution in [0.25, 0.3) is 0 Å². The molecular formula is C23H23N3O5. The van der Waals surface area contributed by atoms with Gasteiger partial charge in [0.15, 0.2) is 6.61 Å². The van der Waals surface area contributed by atoms with Gasteiger partial charge in [0.2, 0.25) is 0 Å². The lowest BCUT2D eigenvalue weighted by Crippen LogP contribution is -2.36. The minimum absolute atomic E-state index is 0.256. The van der Waals surface area contributed by atoms with Crippen molar-refractivity contribution >= 4 is 35.1 Å². The van der Waals surface area contributed by atoms with Crippen LogP contribution in [0.1, 0.15) is 40.0 Å². The van der Waals surface area contributed by atoms with Crippen LogP contribution in [0.2, 0.25) is 0 Å². The zero-order valence-corrected chi connectivity index (χ0v) is 17.0. The second kappa shape index (κ2) is 8.99. The molecule has 160 valence electrons. The van der Waals surface area contributed by atoms with Crippen molar-refractivity contribution in [3.63, 3.8) is 0 Å². The van der Waals surface area contributed by atoms with E-state index in [-0.39, 0.29) is 11.1 Å². The van der Waals surface area contributed by atoms with Crippen LogP contribution in [0, 0.1) is 0 Å². The van der Waals surface area contributed by atoms with E-state index >= 15 is 0 Å². The number of nitrogens with zero attached hydrogens (tertiary/aromatic N) is 2. The molecule has 2 aliphatic heterocycles. The maximum Gasteiger partial charge on any atom is 0.326 e. The Labute approximate surface area is 179 Å². The maximum atomic E-state index is 12.3. The molecule has 4 rings (SSSR count). The summed E-state index contributed by atoms with van der Waals surface area (Å²) in [6.45, 7) is 1.03. The van der Waals surface area contributed by atoms with Gasteiger partial charge < -0.3 is 15.0 Å². The third-order valence-electron chi connectivity index (χ3n) is 5.40. The van der Waals surface area contributed by atoms with Crippen molar-refractivity contribution in [3.05, 3.63) is 59.7 Å². The van der Waals surface area contributed by atoms with Crippen LogP contribution in [0.15, 0.2) is 48.5 Å². The van der Waals surface area contributed by atoms with Crippen molar-refractivity contribution in [3.8, 4) is 0 Å². The Morgan fingerprint density at radius 2 is 1.48 bits per heavy atom. The summed E-state index contributed by atoms with van der Waals surface area (Å²) >= 11 is 0. The molecular weight excluding hydrogens is 398 g/mol. The Morgan fingerprint density at radius 3 is 2.10 bits per heavy atom. The van der Waals surface area contributed by atoms with E-state index in [9.17, 15) is 19.2 Å². The summed E-state index contributed by atoms with van der Waals surface area (Å²) in [5.74, 6) is -2.42. The molecule has 0 atom stereocenters. The van der Waals surface area contributed by atoms with Crippen LogP contribution >= 0.6 is 0 Å². The van der Waals surface area contributed by atoms with E-state index in [0.717, 1.165) is 23.7 Å². The number of nitrogens with one attached hydrogen (secondary N) is 1. The third-order valence-corrected chi connectivity index (χ3v) is 5.40. The van der Waals surface area contributed by atoms with E-state index in [1.54, 1.807) is 12.1 Å². The number of piperidine rings is 1. The zero-order chi connectivity index (χ0) is 21.8. The van der Waals surface area contributed by atoms with Gasteiger partial charge >= 0.3 is 5.97 Å². The predicted molar refractivity (Wildman–Crippen MR) is 114 cm³/mol. The van der Waals surface area contributed by atoms with Crippen molar-refractivity contribution in [1.82, 2.24) is 4.90 Å². The number of carbonyl (C=O) groups is 4. The molecule has 2 aliphatic rings. The van der Waals surface area contributed by atoms with Gasteiger partial charge in [0.25, 0.3) is 17.7 Å². The summed E-state index contributed by atoms with van der Waals surface area (Å²) in [5, 5.41) is 2.67. The summed E-state index contributed by atoms with van der Waals surface area (Å²) in [5.41, 5.74) is 2.23. The topological polar surface area (TPSA) is 96.0 Å². The number of anilines is 2. The molecule has 0 aromatic heterocycles. The Kier molecular flexibility index (Phi) is 5.97. The molecule has 0 unspecified atom stereocenters. The number of hydrogen-bond donors (Lipinski definition) is 1. The molecule has 1 saturated heterocycles. The highest BCUT2D eigenvalue weighted by Crippen LogP contribution is 2.23. The Hall–Kier alpha value is -3.68. The number of amides is 3. The first-order chi connectivity index (χ1) is 15.0. The van der Waals surface area contributed by atoms with E-state index in [1.807, 2.05) is 24.3 Å². The van der Waals surface area contributed by atoms with E-state index in [0.29, 0.717) is 5.69 Å². The number of hydrogen-bond acceptors (Lipinski definition) is 6. The van der Waals surface area contributed by atoms with Gasteiger partial charge in [-0.25, -0.2) is 0 Å². The second-order valence-corrected chi connectivity index (χ2v) is 7.55. The van der Waals surface area contributed by atoms with Crippen LogP contribution in [-0.2, 0) is 14.3 Å². The zero-order valence-electron chi connectivity index (χ0n) is 17.0. The van der Waals surface area contributed by atoms with Gasteiger partial charge in [-0.15, -0.1) is 0 Å². The molecule has 31 heavy (non-hydrogen) atoms. The van der Waals surface area contributed by atoms with Crippen LogP contribution < -0.4 is 10.2 Å². The smallest absolute Gasteiger partial charge is 0.326 e. The number of imide groups is 1. The molecule has 0 bridgehead atoms. The van der Waals surface area contributed by atoms with Crippen molar-refractivity contribution in [2.24, 2.45) is 0 Å². The van der Waals surface area contributed by atoms with E-state index < -0.39 is 36.8 Å². The number of benzene rings is 2. The Balaban J connectivity index is 1.25. The lowest BCUT2D eigenvalue weighted by atomic mass is 10.1. The minimum Gasteiger partial charge on any atom is -0.454 e. The summed E-state index contributed by atoms with van der Waals surface area (Å²) in [7, 11) is 0. The normalized spacial score (nSPS) is 15.6. The average Bonchev–Trinajstić information content (AvgIpc) is 3.04. The van der Waals surface area contributed by atoms with Crippen LogP contribution in [0.5, 0.6) is 0 Å². The molecule has 0 saturated carbocycles. The predicted octanol–water partition coefficient (Wildman–Crippen LogP) is 2.45. The van der Waals surface area contributed by atoms with Gasteiger partial charge in [0.1, 0.15) is 6.54 Å². The lowest BCUT2D eigenvalue weighted by Gasteiger charge is -2.28. The van der Waals surface area contributed by atoms with Crippen LogP contribution in [-0.4, -0.2) is 54.8 Å². The first-order valence-electron chi connectivity index (χ1n) is 10.3. The van der Waals surface area contributed by atoms with Crippen molar-refractivity contribution in [2.45, 2.75) is 19.3 Å².